The van der Waals surface area contributed by atoms with Crippen molar-refractivity contribution >= 4 is 5.97 Å². The summed E-state index contributed by atoms with van der Waals surface area (Å²) in [7, 11) is 0. The van der Waals surface area contributed by atoms with Gasteiger partial charge < -0.3 is 10.8 Å². The average molecular weight is 256 g/mol. The summed E-state index contributed by atoms with van der Waals surface area (Å²) in [5.41, 5.74) is 4.10. The fraction of sp³-hybridized carbons (Fsp3) is 0.900. The molecule has 0 radical (unpaired) electrons. The molecule has 1 unspecified atom stereocenters. The van der Waals surface area contributed by atoms with Gasteiger partial charge in [-0.15, -0.1) is 0 Å². The van der Waals surface area contributed by atoms with Crippen molar-refractivity contribution in [1.29, 1.82) is 0 Å². The molecule has 0 heterocycles. The number of carboxylic acids is 1. The number of hydrogen-bond donors (Lipinski definition) is 2. The van der Waals surface area contributed by atoms with Crippen LogP contribution in [0, 0.1) is 0 Å². The molecule has 0 saturated carbocycles. The summed E-state index contributed by atoms with van der Waals surface area (Å²) in [5.74, 6) is -1.14. The summed E-state index contributed by atoms with van der Waals surface area (Å²) < 4.78 is 36.4. The van der Waals surface area contributed by atoms with Gasteiger partial charge in [0.15, 0.2) is 0 Å². The van der Waals surface area contributed by atoms with E-state index in [1.165, 1.54) is 11.8 Å². The second-order valence-electron chi connectivity index (χ2n) is 4.31. The van der Waals surface area contributed by atoms with Gasteiger partial charge in [0.2, 0.25) is 0 Å². The van der Waals surface area contributed by atoms with Crippen molar-refractivity contribution in [3.8, 4) is 0 Å². The topological polar surface area (TPSA) is 66.6 Å². The Morgan fingerprint density at radius 3 is 2.29 bits per heavy atom. The molecule has 0 spiro atoms. The molecular formula is C10H19F3N2O2. The van der Waals surface area contributed by atoms with Crippen LogP contribution in [0.5, 0.6) is 0 Å². The minimum Gasteiger partial charge on any atom is -0.480 e. The lowest BCUT2D eigenvalue weighted by atomic mass is 9.97. The first-order valence-electron chi connectivity index (χ1n) is 5.40. The van der Waals surface area contributed by atoms with Crippen molar-refractivity contribution in [3.05, 3.63) is 0 Å². The number of carboxylic acid groups (broad SMARTS) is 1. The predicted molar refractivity (Wildman–Crippen MR) is 57.6 cm³/mol. The molecule has 0 rings (SSSR count). The third-order valence-electron chi connectivity index (χ3n) is 2.51. The molecule has 0 saturated heterocycles. The molecule has 0 aliphatic carbocycles. The van der Waals surface area contributed by atoms with Gasteiger partial charge in [-0.1, -0.05) is 6.92 Å². The number of rotatable bonds is 7. The van der Waals surface area contributed by atoms with E-state index < -0.39 is 24.2 Å². The third-order valence-corrected chi connectivity index (χ3v) is 2.51. The van der Waals surface area contributed by atoms with Crippen molar-refractivity contribution in [2.45, 2.75) is 38.4 Å². The van der Waals surface area contributed by atoms with Crippen molar-refractivity contribution in [3.63, 3.8) is 0 Å². The maximum atomic E-state index is 12.1. The van der Waals surface area contributed by atoms with Crippen molar-refractivity contribution in [1.82, 2.24) is 4.90 Å². The standard InChI is InChI=1S/C10H19F3N2O2/c1-3-15(7-10(11,12)13)6-4-5-9(2,14)8(16)17/h3-7,14H2,1-2H3,(H,16,17). The first kappa shape index (κ1) is 16.2. The number of alkyl halides is 3. The Morgan fingerprint density at radius 1 is 1.41 bits per heavy atom. The maximum Gasteiger partial charge on any atom is 0.401 e. The number of nitrogens with two attached hydrogens (primary N) is 1. The van der Waals surface area contributed by atoms with Crippen LogP contribution >= 0.6 is 0 Å². The van der Waals surface area contributed by atoms with Crippen LogP contribution in [0.25, 0.3) is 0 Å². The third kappa shape index (κ3) is 7.17. The van der Waals surface area contributed by atoms with Crippen LogP contribution in [0.4, 0.5) is 13.2 Å². The zero-order chi connectivity index (χ0) is 13.7. The first-order valence-corrected chi connectivity index (χ1v) is 5.40. The molecule has 102 valence electrons. The van der Waals surface area contributed by atoms with Crippen LogP contribution < -0.4 is 5.73 Å². The van der Waals surface area contributed by atoms with Crippen molar-refractivity contribution in [2.24, 2.45) is 5.73 Å². The van der Waals surface area contributed by atoms with Gasteiger partial charge in [-0.05, 0) is 32.9 Å². The molecule has 1 atom stereocenters. The van der Waals surface area contributed by atoms with E-state index in [2.05, 4.69) is 0 Å². The molecule has 4 nitrogen and oxygen atoms in total. The van der Waals surface area contributed by atoms with E-state index in [-0.39, 0.29) is 19.5 Å². The van der Waals surface area contributed by atoms with Crippen LogP contribution in [-0.4, -0.2) is 47.3 Å². The minimum atomic E-state index is -4.23. The van der Waals surface area contributed by atoms with Crippen LogP contribution in [0.15, 0.2) is 0 Å². The zero-order valence-corrected chi connectivity index (χ0v) is 10.0. The van der Waals surface area contributed by atoms with Gasteiger partial charge in [0.05, 0.1) is 6.54 Å². The van der Waals surface area contributed by atoms with E-state index in [4.69, 9.17) is 10.8 Å². The Hall–Kier alpha value is -0.820. The number of halogens is 3. The highest BCUT2D eigenvalue weighted by Gasteiger charge is 2.31. The second-order valence-corrected chi connectivity index (χ2v) is 4.31. The highest BCUT2D eigenvalue weighted by Crippen LogP contribution is 2.17. The molecule has 0 aromatic rings. The quantitative estimate of drug-likeness (QED) is 0.723. The van der Waals surface area contributed by atoms with Gasteiger partial charge in [-0.25, -0.2) is 0 Å². The van der Waals surface area contributed by atoms with Crippen LogP contribution in [-0.2, 0) is 4.79 Å². The number of nitrogens with zero attached hydrogens (tertiary/aromatic N) is 1. The van der Waals surface area contributed by atoms with Gasteiger partial charge in [-0.2, -0.15) is 13.2 Å². The van der Waals surface area contributed by atoms with Gasteiger partial charge in [0.25, 0.3) is 0 Å². The van der Waals surface area contributed by atoms with Gasteiger partial charge >= 0.3 is 12.1 Å². The van der Waals surface area contributed by atoms with E-state index in [0.29, 0.717) is 6.42 Å². The molecular weight excluding hydrogens is 237 g/mol. The Morgan fingerprint density at radius 2 is 1.94 bits per heavy atom. The Bertz CT molecular complexity index is 254. The summed E-state index contributed by atoms with van der Waals surface area (Å²) in [6.07, 6.45) is -3.76. The minimum absolute atomic E-state index is 0.149. The van der Waals surface area contributed by atoms with Gasteiger partial charge in [0.1, 0.15) is 5.54 Å². The molecule has 0 aliphatic rings. The van der Waals surface area contributed by atoms with E-state index in [1.807, 2.05) is 0 Å². The summed E-state index contributed by atoms with van der Waals surface area (Å²) >= 11 is 0. The van der Waals surface area contributed by atoms with Gasteiger partial charge in [-0.3, -0.25) is 9.69 Å². The molecule has 0 aliphatic heterocycles. The average Bonchev–Trinajstić information content (AvgIpc) is 2.13. The van der Waals surface area contributed by atoms with Gasteiger partial charge in [0, 0.05) is 0 Å². The molecule has 7 heteroatoms. The highest BCUT2D eigenvalue weighted by atomic mass is 19.4. The molecule has 0 amide bonds. The van der Waals surface area contributed by atoms with Crippen LogP contribution in [0.2, 0.25) is 0 Å². The molecule has 17 heavy (non-hydrogen) atoms. The van der Waals surface area contributed by atoms with Crippen molar-refractivity contribution < 1.29 is 23.1 Å². The van der Waals surface area contributed by atoms with E-state index in [0.717, 1.165) is 0 Å². The number of carbonyl (C=O) groups is 1. The monoisotopic (exact) mass is 256 g/mol. The van der Waals surface area contributed by atoms with Crippen molar-refractivity contribution in [2.75, 3.05) is 19.6 Å². The van der Waals surface area contributed by atoms with E-state index >= 15 is 0 Å². The van der Waals surface area contributed by atoms with Crippen LogP contribution in [0.3, 0.4) is 0 Å². The molecule has 0 bridgehead atoms. The lowest BCUT2D eigenvalue weighted by Gasteiger charge is -2.24. The van der Waals surface area contributed by atoms with Crippen LogP contribution in [0.1, 0.15) is 26.7 Å². The smallest absolute Gasteiger partial charge is 0.401 e. The number of aliphatic carboxylic acids is 1. The fourth-order valence-corrected chi connectivity index (χ4v) is 1.38. The maximum absolute atomic E-state index is 12.1. The Labute approximate surface area is 98.6 Å². The Balaban J connectivity index is 4.05. The van der Waals surface area contributed by atoms with E-state index in [1.54, 1.807) is 6.92 Å². The number of hydrogen-bond acceptors (Lipinski definition) is 3. The summed E-state index contributed by atoms with van der Waals surface area (Å²) in [6, 6.07) is 0. The lowest BCUT2D eigenvalue weighted by molar-refractivity contribution is -0.147. The normalized spacial score (nSPS) is 15.9. The SMILES string of the molecule is CCN(CCCC(C)(N)C(=O)O)CC(F)(F)F. The first-order chi connectivity index (χ1) is 7.58. The zero-order valence-electron chi connectivity index (χ0n) is 10.0. The van der Waals surface area contributed by atoms with E-state index in [9.17, 15) is 18.0 Å². The molecule has 3 N–H and O–H groups in total. The summed E-state index contributed by atoms with van der Waals surface area (Å²) in [6.45, 7) is 2.47. The largest absolute Gasteiger partial charge is 0.480 e. The highest BCUT2D eigenvalue weighted by molar-refractivity contribution is 5.77. The molecule has 0 aromatic heterocycles. The predicted octanol–water partition coefficient (Wildman–Crippen LogP) is 1.45. The molecule has 0 aromatic carbocycles. The Kier molecular flexibility index (Phi) is 5.91. The fourth-order valence-electron chi connectivity index (χ4n) is 1.38. The summed E-state index contributed by atoms with van der Waals surface area (Å²) in [5, 5.41) is 8.73. The molecule has 0 fully saturated rings. The second kappa shape index (κ2) is 6.20. The lowest BCUT2D eigenvalue weighted by Crippen LogP contribution is -2.45. The summed E-state index contributed by atoms with van der Waals surface area (Å²) in [4.78, 5) is 11.9.